The van der Waals surface area contributed by atoms with Crippen molar-refractivity contribution in [3.63, 3.8) is 0 Å². The van der Waals surface area contributed by atoms with E-state index in [9.17, 15) is 27.0 Å². The van der Waals surface area contributed by atoms with E-state index in [1.807, 2.05) is 19.1 Å². The van der Waals surface area contributed by atoms with Crippen molar-refractivity contribution in [3.8, 4) is 11.5 Å². The third-order valence-electron chi connectivity index (χ3n) is 7.76. The lowest BCUT2D eigenvalue weighted by Crippen LogP contribution is -2.21. The molecule has 0 aliphatic rings. The van der Waals surface area contributed by atoms with E-state index in [2.05, 4.69) is 52.6 Å². The molecule has 298 valence electrons. The van der Waals surface area contributed by atoms with E-state index in [1.165, 1.54) is 39.0 Å². The molecule has 18 nitrogen and oxygen atoms in total. The first-order chi connectivity index (χ1) is 26.0. The van der Waals surface area contributed by atoms with Gasteiger partial charge in [-0.1, -0.05) is 20.8 Å². The summed E-state index contributed by atoms with van der Waals surface area (Å²) in [5, 5.41) is 36.0. The first-order valence-corrected chi connectivity index (χ1v) is 22.4. The number of sulfonamides is 2. The van der Waals surface area contributed by atoms with Crippen molar-refractivity contribution in [1.29, 1.82) is 0 Å². The van der Waals surface area contributed by atoms with Crippen molar-refractivity contribution in [1.82, 2.24) is 26.1 Å². The molecule has 0 aromatic carbocycles. The highest BCUT2D eigenvalue weighted by molar-refractivity contribution is 7.91. The third-order valence-corrected chi connectivity index (χ3v) is 15.4. The fraction of sp³-hybridized carbons (Fsp3) is 0.355. The Bertz CT molecular complexity index is 2380. The predicted octanol–water partition coefficient (Wildman–Crippen LogP) is 7.08. The Balaban J connectivity index is 0.000000214. The zero-order chi connectivity index (χ0) is 40.1. The first-order valence-electron chi connectivity index (χ1n) is 16.3. The number of hydrogen-bond donors (Lipinski definition) is 6. The second kappa shape index (κ2) is 17.7. The molecule has 1 atom stereocenters. The summed E-state index contributed by atoms with van der Waals surface area (Å²) in [5.74, 6) is 2.98. The highest BCUT2D eigenvalue weighted by Gasteiger charge is 2.28. The van der Waals surface area contributed by atoms with Crippen LogP contribution in [0.5, 0.6) is 11.5 Å². The molecule has 6 aromatic heterocycles. The number of aromatic nitrogens is 4. The standard InChI is InChI=1S/C18H25N5O4S3.C13H15N5O4S3/c1-6-12(14-7-11(8-27-14)10(2)3)19-16-17(22-29-21-16)20-13-9-28-18(15(13)24)30(25,26)23(4)5;1-18(2)25(20,21)13-10(19)9(7-23-13)15-12-11(16-24-17-12)14-6-8-4-3-5-22-8/h7-10,12,24H,6H2,1-5H3,(H,19,21)(H,20,22);3-5,7,19H,6H2,1-2H3,(H,14,16)(H,15,17)/t12-;/m1./s1. The van der Waals surface area contributed by atoms with Gasteiger partial charge in [0.15, 0.2) is 43.2 Å². The van der Waals surface area contributed by atoms with Gasteiger partial charge in [0.1, 0.15) is 11.5 Å². The van der Waals surface area contributed by atoms with Crippen LogP contribution in [-0.2, 0) is 26.6 Å². The molecular weight excluding hydrogens is 833 g/mol. The fourth-order valence-corrected chi connectivity index (χ4v) is 10.3. The summed E-state index contributed by atoms with van der Waals surface area (Å²) in [7, 11) is -1.81. The van der Waals surface area contributed by atoms with Crippen LogP contribution in [0.3, 0.4) is 0 Å². The minimum absolute atomic E-state index is 0.109. The molecule has 0 spiro atoms. The van der Waals surface area contributed by atoms with Gasteiger partial charge in [0.25, 0.3) is 20.0 Å². The largest absolute Gasteiger partial charge is 0.504 e. The van der Waals surface area contributed by atoms with E-state index in [0.29, 0.717) is 35.7 Å². The van der Waals surface area contributed by atoms with Gasteiger partial charge in [-0.2, -0.15) is 17.5 Å². The molecule has 6 aromatic rings. The number of aromatic hydroxyl groups is 2. The van der Waals surface area contributed by atoms with Gasteiger partial charge in [0.2, 0.25) is 0 Å². The molecule has 0 unspecified atom stereocenters. The Kier molecular flexibility index (Phi) is 13.4. The molecule has 6 rings (SSSR count). The Morgan fingerprint density at radius 1 is 0.800 bits per heavy atom. The van der Waals surface area contributed by atoms with Crippen molar-refractivity contribution < 1.29 is 35.9 Å². The molecule has 0 saturated heterocycles. The van der Waals surface area contributed by atoms with Crippen LogP contribution in [0, 0.1) is 0 Å². The lowest BCUT2D eigenvalue weighted by Gasteiger charge is -2.15. The van der Waals surface area contributed by atoms with Crippen LogP contribution in [0.1, 0.15) is 56.2 Å². The van der Waals surface area contributed by atoms with Gasteiger partial charge in [-0.25, -0.2) is 25.4 Å². The molecule has 0 amide bonds. The Morgan fingerprint density at radius 2 is 1.33 bits per heavy atom. The molecular formula is C31H40N10O8S6. The average molecular weight is 873 g/mol. The van der Waals surface area contributed by atoms with E-state index in [0.717, 1.165) is 78.2 Å². The van der Waals surface area contributed by atoms with Crippen molar-refractivity contribution >= 4 is 101 Å². The van der Waals surface area contributed by atoms with Gasteiger partial charge in [-0.15, -0.1) is 22.7 Å². The van der Waals surface area contributed by atoms with E-state index in [-0.39, 0.29) is 37.3 Å². The normalized spacial score (nSPS) is 12.5. The summed E-state index contributed by atoms with van der Waals surface area (Å²) >= 11 is 3.86. The molecule has 6 N–H and O–H groups in total. The van der Waals surface area contributed by atoms with Crippen LogP contribution in [0.2, 0.25) is 0 Å². The minimum atomic E-state index is -3.74. The van der Waals surface area contributed by atoms with Crippen molar-refractivity contribution in [3.05, 3.63) is 58.6 Å². The van der Waals surface area contributed by atoms with Crippen molar-refractivity contribution in [2.75, 3.05) is 49.5 Å². The lowest BCUT2D eigenvalue weighted by atomic mass is 10.1. The maximum absolute atomic E-state index is 12.3. The van der Waals surface area contributed by atoms with Crippen molar-refractivity contribution in [2.24, 2.45) is 0 Å². The first kappa shape index (κ1) is 41.9. The fourth-order valence-electron chi connectivity index (χ4n) is 4.53. The van der Waals surface area contributed by atoms with Gasteiger partial charge in [-0.3, -0.25) is 0 Å². The summed E-state index contributed by atoms with van der Waals surface area (Å²) in [6.07, 6.45) is 4.10. The number of nitrogens with one attached hydrogen (secondary N) is 4. The Hall–Kier alpha value is -4.30. The smallest absolute Gasteiger partial charge is 0.255 e. The molecule has 0 aliphatic carbocycles. The zero-order valence-corrected chi connectivity index (χ0v) is 35.5. The number of thiophene rings is 2. The minimum Gasteiger partial charge on any atom is -0.504 e. The Morgan fingerprint density at radius 3 is 1.80 bits per heavy atom. The number of furan rings is 2. The average Bonchev–Trinajstić information content (AvgIpc) is 3.99. The predicted molar refractivity (Wildman–Crippen MR) is 216 cm³/mol. The van der Waals surface area contributed by atoms with Gasteiger partial charge < -0.3 is 40.3 Å². The van der Waals surface area contributed by atoms with Crippen LogP contribution in [0.25, 0.3) is 0 Å². The highest BCUT2D eigenvalue weighted by atomic mass is 32.3. The number of nitrogens with zero attached hydrogens (tertiary/aromatic N) is 6. The number of rotatable bonds is 16. The van der Waals surface area contributed by atoms with Crippen molar-refractivity contribution in [2.45, 2.75) is 54.1 Å². The van der Waals surface area contributed by atoms with Crippen LogP contribution < -0.4 is 21.3 Å². The van der Waals surface area contributed by atoms with Crippen LogP contribution in [-0.4, -0.2) is 81.3 Å². The zero-order valence-electron chi connectivity index (χ0n) is 30.6. The van der Waals surface area contributed by atoms with Crippen LogP contribution in [0.15, 0.2) is 58.7 Å². The quantitative estimate of drug-likeness (QED) is 0.0569. The summed E-state index contributed by atoms with van der Waals surface area (Å²) in [6, 6.07) is 5.53. The highest BCUT2D eigenvalue weighted by Crippen LogP contribution is 2.42. The molecule has 0 aliphatic heterocycles. The molecule has 24 heteroatoms. The molecule has 0 saturated carbocycles. The lowest BCUT2D eigenvalue weighted by molar-refractivity contribution is 0.459. The Labute approximate surface area is 334 Å². The van der Waals surface area contributed by atoms with Gasteiger partial charge in [0, 0.05) is 39.0 Å². The summed E-state index contributed by atoms with van der Waals surface area (Å²) in [4.78, 5) is 0. The van der Waals surface area contributed by atoms with Gasteiger partial charge in [0.05, 0.1) is 59.9 Å². The second-order valence-corrected chi connectivity index (χ2v) is 19.8. The SMILES string of the molecule is CC[C@@H](Nc1nsnc1Nc1csc(S(=O)(=O)N(C)C)c1O)c1cc(C(C)C)co1.CN(C)S(=O)(=O)c1scc(Nc2nsnc2NCc2ccco2)c1O. The molecule has 0 bridgehead atoms. The van der Waals surface area contributed by atoms with E-state index in [4.69, 9.17) is 8.83 Å². The molecule has 6 heterocycles. The molecule has 0 fully saturated rings. The van der Waals surface area contributed by atoms with E-state index >= 15 is 0 Å². The number of anilines is 6. The second-order valence-electron chi connectivity index (χ2n) is 12.3. The monoisotopic (exact) mass is 872 g/mol. The van der Waals surface area contributed by atoms with E-state index < -0.39 is 20.0 Å². The topological polar surface area (TPSA) is 241 Å². The summed E-state index contributed by atoms with van der Waals surface area (Å²) in [5.41, 5.74) is 1.63. The van der Waals surface area contributed by atoms with Crippen LogP contribution in [0.4, 0.5) is 34.6 Å². The molecule has 55 heavy (non-hydrogen) atoms. The summed E-state index contributed by atoms with van der Waals surface area (Å²) < 4.78 is 78.6. The van der Waals surface area contributed by atoms with Crippen LogP contribution >= 0.6 is 46.1 Å². The maximum atomic E-state index is 12.3. The van der Waals surface area contributed by atoms with Gasteiger partial charge >= 0.3 is 0 Å². The third kappa shape index (κ3) is 9.57. The maximum Gasteiger partial charge on any atom is 0.255 e. The van der Waals surface area contributed by atoms with Gasteiger partial charge in [-0.05, 0) is 36.1 Å². The van der Waals surface area contributed by atoms with E-state index in [1.54, 1.807) is 18.6 Å². The summed E-state index contributed by atoms with van der Waals surface area (Å²) in [6.45, 7) is 6.66. The molecule has 0 radical (unpaired) electrons. The number of hydrogen-bond acceptors (Lipinski definition) is 20.